The zero-order valence-corrected chi connectivity index (χ0v) is 15.0. The number of aromatic nitrogens is 2. The van der Waals surface area contributed by atoms with Gasteiger partial charge in [0.25, 0.3) is 5.92 Å². The molecule has 5 nitrogen and oxygen atoms in total. The first-order chi connectivity index (χ1) is 13.3. The van der Waals surface area contributed by atoms with Crippen molar-refractivity contribution in [1.29, 1.82) is 0 Å². The number of rotatable bonds is 6. The number of anilines is 1. The highest BCUT2D eigenvalue weighted by atomic mass is 19.3. The molecule has 1 aliphatic heterocycles. The molecule has 0 spiro atoms. The maximum absolute atomic E-state index is 13.4. The zero-order valence-electron chi connectivity index (χ0n) is 15.0. The predicted octanol–water partition coefficient (Wildman–Crippen LogP) is 3.98. The number of piperidine rings is 1. The number of pyridine rings is 1. The fourth-order valence-electron chi connectivity index (χ4n) is 3.07. The summed E-state index contributed by atoms with van der Waals surface area (Å²) in [7, 11) is 0. The molecule has 0 saturated carbocycles. The van der Waals surface area contributed by atoms with Crippen LogP contribution in [0.1, 0.15) is 25.0 Å². The van der Waals surface area contributed by atoms with E-state index in [9.17, 15) is 22.4 Å². The minimum absolute atomic E-state index is 0.130. The second-order valence-corrected chi connectivity index (χ2v) is 6.59. The molecular formula is C19H20F4N4O. The normalized spacial score (nSPS) is 16.2. The molecule has 2 aromatic heterocycles. The van der Waals surface area contributed by atoms with Crippen molar-refractivity contribution in [3.63, 3.8) is 0 Å². The van der Waals surface area contributed by atoms with E-state index >= 15 is 0 Å². The van der Waals surface area contributed by atoms with Crippen molar-refractivity contribution in [2.75, 3.05) is 18.0 Å². The number of carbonyl (C=O) groups excluding carboxylic acids is 1. The average molecular weight is 396 g/mol. The van der Waals surface area contributed by atoms with Crippen LogP contribution in [-0.2, 0) is 11.3 Å². The monoisotopic (exact) mass is 396 g/mol. The average Bonchev–Trinajstić information content (AvgIpc) is 3.16. The summed E-state index contributed by atoms with van der Waals surface area (Å²) in [5, 5.41) is 2.63. The van der Waals surface area contributed by atoms with Crippen molar-refractivity contribution in [2.24, 2.45) is 0 Å². The van der Waals surface area contributed by atoms with Gasteiger partial charge in [-0.15, -0.1) is 0 Å². The molecule has 28 heavy (non-hydrogen) atoms. The quantitative estimate of drug-likeness (QED) is 0.594. The molecule has 3 heterocycles. The van der Waals surface area contributed by atoms with Gasteiger partial charge in [-0.05, 0) is 29.3 Å². The lowest BCUT2D eigenvalue weighted by molar-refractivity contribution is -0.116. The Morgan fingerprint density at radius 2 is 2.07 bits per heavy atom. The second kappa shape index (κ2) is 8.04. The van der Waals surface area contributed by atoms with E-state index in [0.717, 1.165) is 10.6 Å². The van der Waals surface area contributed by atoms with Crippen LogP contribution in [0, 0.1) is 0 Å². The summed E-state index contributed by atoms with van der Waals surface area (Å²) in [6, 6.07) is 3.22. The maximum atomic E-state index is 13.4. The topological polar surface area (TPSA) is 50.2 Å². The van der Waals surface area contributed by atoms with E-state index in [4.69, 9.17) is 0 Å². The Kier molecular flexibility index (Phi) is 5.71. The molecule has 1 amide bonds. The highest BCUT2D eigenvalue weighted by Gasteiger charge is 2.34. The van der Waals surface area contributed by atoms with Crippen LogP contribution in [0.15, 0.2) is 43.4 Å². The van der Waals surface area contributed by atoms with Gasteiger partial charge in [0.2, 0.25) is 5.91 Å². The molecule has 9 heteroatoms. The summed E-state index contributed by atoms with van der Waals surface area (Å²) >= 11 is 0. The van der Waals surface area contributed by atoms with Crippen LogP contribution in [0.4, 0.5) is 23.4 Å². The Balaban J connectivity index is 1.91. The Bertz CT molecular complexity index is 855. The van der Waals surface area contributed by atoms with E-state index < -0.39 is 12.5 Å². The van der Waals surface area contributed by atoms with E-state index in [2.05, 4.69) is 16.9 Å². The lowest BCUT2D eigenvalue weighted by Gasteiger charge is -2.32. The highest BCUT2D eigenvalue weighted by Crippen LogP contribution is 2.33. The van der Waals surface area contributed by atoms with Crippen molar-refractivity contribution in [2.45, 2.75) is 31.9 Å². The summed E-state index contributed by atoms with van der Waals surface area (Å²) in [6.45, 7) is 1.15. The van der Waals surface area contributed by atoms with Crippen LogP contribution in [0.5, 0.6) is 0 Å². The van der Waals surface area contributed by atoms with Gasteiger partial charge in [-0.1, -0.05) is 6.58 Å². The zero-order chi connectivity index (χ0) is 20.3. The van der Waals surface area contributed by atoms with Crippen molar-refractivity contribution < 1.29 is 22.4 Å². The Hall–Kier alpha value is -2.84. The molecule has 0 unspecified atom stereocenters. The lowest BCUT2D eigenvalue weighted by Crippen LogP contribution is -2.39. The number of alkyl halides is 4. The summed E-state index contributed by atoms with van der Waals surface area (Å²) in [6.07, 6.45) is 4.69. The van der Waals surface area contributed by atoms with Crippen LogP contribution in [0.3, 0.4) is 0 Å². The number of halogens is 4. The standard InChI is InChI=1S/C19H20F4N4O/c1-2-17(28)25-11-14-10-24-16(26-7-4-19(22,23)5-8-26)9-15(14)13-3-6-27(12-13)18(20)21/h2-3,6,9-10,12,18H,1,4-5,7-8,11H2,(H,25,28). The largest absolute Gasteiger partial charge is 0.356 e. The first kappa shape index (κ1) is 19.9. The van der Waals surface area contributed by atoms with Crippen LogP contribution >= 0.6 is 0 Å². The minimum Gasteiger partial charge on any atom is -0.356 e. The van der Waals surface area contributed by atoms with Gasteiger partial charge in [0, 0.05) is 56.6 Å². The molecule has 0 aliphatic carbocycles. The maximum Gasteiger partial charge on any atom is 0.318 e. The molecule has 0 bridgehead atoms. The van der Waals surface area contributed by atoms with Gasteiger partial charge in [-0.3, -0.25) is 9.36 Å². The third-order valence-corrected chi connectivity index (χ3v) is 4.68. The molecule has 0 aromatic carbocycles. The minimum atomic E-state index is -2.68. The van der Waals surface area contributed by atoms with Gasteiger partial charge in [-0.25, -0.2) is 13.8 Å². The number of nitrogens with zero attached hydrogens (tertiary/aromatic N) is 3. The molecule has 1 N–H and O–H groups in total. The van der Waals surface area contributed by atoms with Crippen LogP contribution in [0.25, 0.3) is 11.1 Å². The van der Waals surface area contributed by atoms with Gasteiger partial charge in [-0.2, -0.15) is 8.78 Å². The Labute approximate surface area is 159 Å². The molecule has 150 valence electrons. The number of amides is 1. The Morgan fingerprint density at radius 3 is 2.68 bits per heavy atom. The van der Waals surface area contributed by atoms with Crippen molar-refractivity contribution >= 4 is 11.7 Å². The molecule has 1 fully saturated rings. The number of carbonyl (C=O) groups is 1. The van der Waals surface area contributed by atoms with Crippen LogP contribution in [0.2, 0.25) is 0 Å². The summed E-state index contributed by atoms with van der Waals surface area (Å²) in [5.74, 6) is -2.56. The SMILES string of the molecule is C=CC(=O)NCc1cnc(N2CCC(F)(F)CC2)cc1-c1ccn(C(F)F)c1. The molecule has 1 saturated heterocycles. The fraction of sp³-hybridized carbons (Fsp3) is 0.368. The number of hydrogen-bond donors (Lipinski definition) is 1. The van der Waals surface area contributed by atoms with Gasteiger partial charge < -0.3 is 10.2 Å². The van der Waals surface area contributed by atoms with Crippen molar-refractivity contribution in [1.82, 2.24) is 14.9 Å². The van der Waals surface area contributed by atoms with Gasteiger partial charge in [0.1, 0.15) is 5.82 Å². The molecule has 3 rings (SSSR count). The first-order valence-corrected chi connectivity index (χ1v) is 8.77. The summed E-state index contributed by atoms with van der Waals surface area (Å²) in [4.78, 5) is 17.5. The predicted molar refractivity (Wildman–Crippen MR) is 97.4 cm³/mol. The molecule has 2 aromatic rings. The summed E-state index contributed by atoms with van der Waals surface area (Å²) in [5.41, 5.74) is 1.74. The third-order valence-electron chi connectivity index (χ3n) is 4.68. The van der Waals surface area contributed by atoms with E-state index in [-0.39, 0.29) is 38.4 Å². The van der Waals surface area contributed by atoms with E-state index in [0.29, 0.717) is 22.5 Å². The van der Waals surface area contributed by atoms with Crippen LogP contribution in [-0.4, -0.2) is 34.5 Å². The van der Waals surface area contributed by atoms with Crippen molar-refractivity contribution in [3.05, 3.63) is 48.9 Å². The molecule has 0 atom stereocenters. The lowest BCUT2D eigenvalue weighted by atomic mass is 10.0. The Morgan fingerprint density at radius 1 is 1.36 bits per heavy atom. The van der Waals surface area contributed by atoms with Crippen molar-refractivity contribution in [3.8, 4) is 11.1 Å². The van der Waals surface area contributed by atoms with E-state index in [1.54, 1.807) is 11.0 Å². The van der Waals surface area contributed by atoms with E-state index in [1.807, 2.05) is 0 Å². The van der Waals surface area contributed by atoms with E-state index in [1.165, 1.54) is 24.7 Å². The number of hydrogen-bond acceptors (Lipinski definition) is 3. The third kappa shape index (κ3) is 4.52. The molecule has 1 aliphatic rings. The molecule has 0 radical (unpaired) electrons. The van der Waals surface area contributed by atoms with Gasteiger partial charge >= 0.3 is 6.55 Å². The second-order valence-electron chi connectivity index (χ2n) is 6.59. The smallest absolute Gasteiger partial charge is 0.318 e. The fourth-order valence-corrected chi connectivity index (χ4v) is 3.07. The van der Waals surface area contributed by atoms with Crippen LogP contribution < -0.4 is 10.2 Å². The molecular weight excluding hydrogens is 376 g/mol. The first-order valence-electron chi connectivity index (χ1n) is 8.77. The number of nitrogens with one attached hydrogen (secondary N) is 1. The highest BCUT2D eigenvalue weighted by molar-refractivity contribution is 5.87. The van der Waals surface area contributed by atoms with Gasteiger partial charge in [0.15, 0.2) is 0 Å². The summed E-state index contributed by atoms with van der Waals surface area (Å²) < 4.78 is 53.5. The van der Waals surface area contributed by atoms with Gasteiger partial charge in [0.05, 0.1) is 0 Å².